The molecule has 0 aromatic carbocycles. The number of nitrogens with zero attached hydrogens (tertiary/aromatic N) is 1. The van der Waals surface area contributed by atoms with Crippen molar-refractivity contribution in [1.29, 1.82) is 0 Å². The molecule has 84 valence electrons. The maximum Gasteiger partial charge on any atom is 0.0678 e. The molecule has 0 amide bonds. The Kier molecular flexibility index (Phi) is 5.13. The summed E-state index contributed by atoms with van der Waals surface area (Å²) in [6.45, 7) is 12.8. The van der Waals surface area contributed by atoms with Gasteiger partial charge in [0.05, 0.1) is 12.2 Å². The molecule has 1 saturated heterocycles. The Morgan fingerprint density at radius 1 is 1.21 bits per heavy atom. The minimum atomic E-state index is -0.332. The molecule has 0 aromatic rings. The molecule has 0 aromatic heterocycles. The molecule has 2 nitrogen and oxygen atoms in total. The summed E-state index contributed by atoms with van der Waals surface area (Å²) in [5, 5.41) is 0. The van der Waals surface area contributed by atoms with Gasteiger partial charge in [-0.2, -0.15) is 0 Å². The first-order chi connectivity index (χ1) is 6.58. The summed E-state index contributed by atoms with van der Waals surface area (Å²) in [6, 6.07) is 1.49. The van der Waals surface area contributed by atoms with Crippen LogP contribution in [0.3, 0.4) is 0 Å². The lowest BCUT2D eigenvalue weighted by Crippen LogP contribution is -2.45. The van der Waals surface area contributed by atoms with Crippen molar-refractivity contribution in [2.75, 3.05) is 19.6 Å². The molecule has 0 aliphatic carbocycles. The minimum Gasteiger partial charge on any atom is -0.373 e. The first-order valence-corrected chi connectivity index (χ1v) is 9.08. The van der Waals surface area contributed by atoms with Crippen LogP contribution in [0.1, 0.15) is 20.3 Å². The summed E-state index contributed by atoms with van der Waals surface area (Å²) < 4.78 is 5.71. The lowest BCUT2D eigenvalue weighted by molar-refractivity contribution is -0.0677. The summed E-state index contributed by atoms with van der Waals surface area (Å²) in [5.74, 6) is 0. The normalized spacial score (nSPS) is 29.8. The fourth-order valence-electron chi connectivity index (χ4n) is 2.19. The summed E-state index contributed by atoms with van der Waals surface area (Å²) in [7, 11) is -0.332. The summed E-state index contributed by atoms with van der Waals surface area (Å²) >= 11 is 0. The van der Waals surface area contributed by atoms with E-state index < -0.39 is 0 Å². The van der Waals surface area contributed by atoms with Crippen LogP contribution in [0, 0.1) is 0 Å². The van der Waals surface area contributed by atoms with Crippen LogP contribution in [0.25, 0.3) is 0 Å². The van der Waals surface area contributed by atoms with Gasteiger partial charge in [0.1, 0.15) is 0 Å². The van der Waals surface area contributed by atoms with Crippen molar-refractivity contribution in [3.05, 3.63) is 0 Å². The van der Waals surface area contributed by atoms with E-state index in [1.807, 2.05) is 0 Å². The van der Waals surface area contributed by atoms with Gasteiger partial charge in [0.25, 0.3) is 0 Å². The van der Waals surface area contributed by atoms with Gasteiger partial charge in [0, 0.05) is 21.9 Å². The van der Waals surface area contributed by atoms with Crippen LogP contribution in [0.4, 0.5) is 0 Å². The molecule has 1 aliphatic rings. The Bertz CT molecular complexity index is 153. The highest BCUT2D eigenvalue weighted by molar-refractivity contribution is 6.55. The summed E-state index contributed by atoms with van der Waals surface area (Å²) in [6.07, 6.45) is 2.24. The topological polar surface area (TPSA) is 12.5 Å². The molecule has 0 saturated carbocycles. The second-order valence-electron chi connectivity index (χ2n) is 5.05. The molecular formula is C11H25NOSi. The van der Waals surface area contributed by atoms with Crippen LogP contribution < -0.4 is 0 Å². The van der Waals surface area contributed by atoms with Gasteiger partial charge in [-0.3, -0.25) is 4.90 Å². The highest BCUT2D eigenvalue weighted by Crippen LogP contribution is 2.11. The average Bonchev–Trinajstić information content (AvgIpc) is 2.01. The summed E-state index contributed by atoms with van der Waals surface area (Å²) in [4.78, 5) is 2.57. The van der Waals surface area contributed by atoms with Crippen molar-refractivity contribution in [2.45, 2.75) is 51.6 Å². The van der Waals surface area contributed by atoms with Crippen molar-refractivity contribution < 1.29 is 4.74 Å². The quantitative estimate of drug-likeness (QED) is 0.665. The van der Waals surface area contributed by atoms with E-state index in [2.05, 4.69) is 31.8 Å². The van der Waals surface area contributed by atoms with Crippen LogP contribution in [-0.2, 0) is 4.74 Å². The molecule has 1 aliphatic heterocycles. The van der Waals surface area contributed by atoms with Gasteiger partial charge in [-0.25, -0.2) is 0 Å². The van der Waals surface area contributed by atoms with Crippen molar-refractivity contribution in [2.24, 2.45) is 0 Å². The van der Waals surface area contributed by atoms with E-state index in [4.69, 9.17) is 4.74 Å². The van der Waals surface area contributed by atoms with Crippen molar-refractivity contribution in [3.63, 3.8) is 0 Å². The zero-order valence-corrected chi connectivity index (χ0v) is 11.3. The first kappa shape index (κ1) is 12.2. The van der Waals surface area contributed by atoms with E-state index in [1.54, 1.807) is 0 Å². The van der Waals surface area contributed by atoms with E-state index in [0.717, 1.165) is 13.1 Å². The number of hydrogen-bond acceptors (Lipinski definition) is 2. The second kappa shape index (κ2) is 5.88. The highest BCUT2D eigenvalue weighted by atomic mass is 28.3. The van der Waals surface area contributed by atoms with Gasteiger partial charge in [0.2, 0.25) is 0 Å². The maximum absolute atomic E-state index is 5.71. The van der Waals surface area contributed by atoms with Crippen molar-refractivity contribution in [3.8, 4) is 0 Å². The van der Waals surface area contributed by atoms with E-state index in [0.29, 0.717) is 12.2 Å². The molecular weight excluding hydrogens is 190 g/mol. The fraction of sp³-hybridized carbons (Fsp3) is 1.00. The van der Waals surface area contributed by atoms with Crippen molar-refractivity contribution in [1.82, 2.24) is 4.90 Å². The Morgan fingerprint density at radius 2 is 1.79 bits per heavy atom. The molecule has 1 rings (SSSR count). The monoisotopic (exact) mass is 215 g/mol. The third-order valence-corrected chi connectivity index (χ3v) is 4.31. The Hall–Kier alpha value is 0.137. The van der Waals surface area contributed by atoms with Crippen LogP contribution in [-0.4, -0.2) is 45.5 Å². The molecule has 0 bridgehead atoms. The number of ether oxygens (including phenoxy) is 1. The van der Waals surface area contributed by atoms with Crippen LogP contribution in [0.5, 0.6) is 0 Å². The molecule has 1 fully saturated rings. The average molecular weight is 215 g/mol. The van der Waals surface area contributed by atoms with Gasteiger partial charge >= 0.3 is 0 Å². The maximum atomic E-state index is 5.71. The Labute approximate surface area is 90.2 Å². The predicted molar refractivity (Wildman–Crippen MR) is 64.8 cm³/mol. The molecule has 2 unspecified atom stereocenters. The second-order valence-corrected chi connectivity index (χ2v) is 8.42. The van der Waals surface area contributed by atoms with Gasteiger partial charge in [-0.15, -0.1) is 0 Å². The number of morpholine rings is 1. The number of rotatable bonds is 4. The lowest BCUT2D eigenvalue weighted by Gasteiger charge is -2.35. The van der Waals surface area contributed by atoms with Gasteiger partial charge in [-0.1, -0.05) is 19.1 Å². The van der Waals surface area contributed by atoms with Gasteiger partial charge in [-0.05, 0) is 26.8 Å². The van der Waals surface area contributed by atoms with Crippen LogP contribution in [0.2, 0.25) is 19.1 Å². The smallest absolute Gasteiger partial charge is 0.0678 e. The Balaban J connectivity index is 2.17. The molecule has 2 atom stereocenters. The molecule has 0 N–H and O–H groups in total. The molecule has 0 spiro atoms. The molecule has 0 radical (unpaired) electrons. The van der Waals surface area contributed by atoms with E-state index in [-0.39, 0.29) is 8.80 Å². The molecule has 1 heterocycles. The SMILES string of the molecule is CC1CN(CCC[SiH](C)C)CC(C)O1. The Morgan fingerprint density at radius 3 is 2.29 bits per heavy atom. The summed E-state index contributed by atoms with van der Waals surface area (Å²) in [5.41, 5.74) is 0. The molecule has 3 heteroatoms. The third kappa shape index (κ3) is 4.58. The van der Waals surface area contributed by atoms with Crippen LogP contribution >= 0.6 is 0 Å². The first-order valence-electron chi connectivity index (χ1n) is 5.95. The highest BCUT2D eigenvalue weighted by Gasteiger charge is 2.21. The predicted octanol–water partition coefficient (Wildman–Crippen LogP) is 1.97. The largest absolute Gasteiger partial charge is 0.373 e. The zero-order valence-electron chi connectivity index (χ0n) is 10.1. The van der Waals surface area contributed by atoms with Gasteiger partial charge in [0.15, 0.2) is 0 Å². The van der Waals surface area contributed by atoms with Gasteiger partial charge < -0.3 is 4.74 Å². The molecule has 14 heavy (non-hydrogen) atoms. The van der Waals surface area contributed by atoms with Crippen molar-refractivity contribution >= 4 is 8.80 Å². The third-order valence-electron chi connectivity index (χ3n) is 2.75. The van der Waals surface area contributed by atoms with E-state index in [1.165, 1.54) is 19.0 Å². The zero-order chi connectivity index (χ0) is 10.6. The number of hydrogen-bond donors (Lipinski definition) is 0. The lowest BCUT2D eigenvalue weighted by atomic mass is 10.2. The van der Waals surface area contributed by atoms with E-state index in [9.17, 15) is 0 Å². The minimum absolute atomic E-state index is 0.332. The van der Waals surface area contributed by atoms with E-state index >= 15 is 0 Å². The standard InChI is InChI=1S/C11H25NOSi/c1-10-8-12(9-11(2)13-10)6-5-7-14(3)4/h10-11,14H,5-9H2,1-4H3. The van der Waals surface area contributed by atoms with Crippen LogP contribution in [0.15, 0.2) is 0 Å². The fourth-order valence-corrected chi connectivity index (χ4v) is 3.19.